The van der Waals surface area contributed by atoms with Gasteiger partial charge in [-0.05, 0) is 53.2 Å². The van der Waals surface area contributed by atoms with E-state index in [1.807, 2.05) is 0 Å². The summed E-state index contributed by atoms with van der Waals surface area (Å²) in [5.41, 5.74) is 1.02. The van der Waals surface area contributed by atoms with Crippen molar-refractivity contribution in [3.63, 3.8) is 0 Å². The number of hydrogen-bond acceptors (Lipinski definition) is 6. The minimum atomic E-state index is -0.687. The van der Waals surface area contributed by atoms with Gasteiger partial charge in [-0.2, -0.15) is 0 Å². The highest BCUT2D eigenvalue weighted by molar-refractivity contribution is 5.95. The van der Waals surface area contributed by atoms with E-state index in [1.54, 1.807) is 24.3 Å². The van der Waals surface area contributed by atoms with Crippen LogP contribution in [-0.4, -0.2) is 28.2 Å². The molecular formula is C15H13N3O5. The van der Waals surface area contributed by atoms with Crippen LogP contribution in [0.1, 0.15) is 17.3 Å². The molecule has 8 heteroatoms. The van der Waals surface area contributed by atoms with E-state index in [9.17, 15) is 19.7 Å². The lowest BCUT2D eigenvalue weighted by molar-refractivity contribution is -0.390. The number of rotatable bonds is 6. The first-order valence-electron chi connectivity index (χ1n) is 6.60. The third kappa shape index (κ3) is 4.34. The topological polar surface area (TPSA) is 111 Å². The number of anilines is 1. The standard InChI is InChI=1S/C15H13N3O5/c1-10(19)11-4-6-12(7-5-11)17-14(20)9-23-13-3-2-8-16-15(13)18(21)22/h2-8H,9H2,1H3,(H,17,20). The number of amides is 1. The van der Waals surface area contributed by atoms with Crippen molar-refractivity contribution in [2.75, 3.05) is 11.9 Å². The Bertz CT molecular complexity index is 743. The monoisotopic (exact) mass is 315 g/mol. The highest BCUT2D eigenvalue weighted by Crippen LogP contribution is 2.22. The fourth-order valence-corrected chi connectivity index (χ4v) is 1.76. The lowest BCUT2D eigenvalue weighted by atomic mass is 10.1. The highest BCUT2D eigenvalue weighted by Gasteiger charge is 2.16. The van der Waals surface area contributed by atoms with Crippen molar-refractivity contribution < 1.29 is 19.2 Å². The molecule has 1 N–H and O–H groups in total. The Balaban J connectivity index is 1.95. The lowest BCUT2D eigenvalue weighted by Gasteiger charge is -2.07. The number of ketones is 1. The summed E-state index contributed by atoms with van der Waals surface area (Å²) in [6, 6.07) is 9.18. The zero-order valence-electron chi connectivity index (χ0n) is 12.2. The second kappa shape index (κ2) is 7.12. The van der Waals surface area contributed by atoms with Gasteiger partial charge in [-0.3, -0.25) is 9.59 Å². The first kappa shape index (κ1) is 16.1. The number of hydrogen-bond donors (Lipinski definition) is 1. The number of carbonyl (C=O) groups excluding carboxylic acids is 2. The molecule has 0 aliphatic rings. The molecular weight excluding hydrogens is 302 g/mol. The number of nitrogens with zero attached hydrogens (tertiary/aromatic N) is 2. The molecule has 0 fully saturated rings. The van der Waals surface area contributed by atoms with E-state index >= 15 is 0 Å². The van der Waals surface area contributed by atoms with E-state index in [-0.39, 0.29) is 11.5 Å². The van der Waals surface area contributed by atoms with Crippen LogP contribution in [0.25, 0.3) is 0 Å². The van der Waals surface area contributed by atoms with Gasteiger partial charge in [-0.15, -0.1) is 0 Å². The smallest absolute Gasteiger partial charge is 0.406 e. The maximum Gasteiger partial charge on any atom is 0.406 e. The summed E-state index contributed by atoms with van der Waals surface area (Å²) in [6.07, 6.45) is 1.27. The van der Waals surface area contributed by atoms with Crippen molar-refractivity contribution >= 4 is 23.2 Å². The quantitative estimate of drug-likeness (QED) is 0.497. The van der Waals surface area contributed by atoms with Crippen LogP contribution in [0, 0.1) is 10.1 Å². The number of nitro groups is 1. The van der Waals surface area contributed by atoms with Crippen molar-refractivity contribution in [2.24, 2.45) is 0 Å². The van der Waals surface area contributed by atoms with Crippen LogP contribution < -0.4 is 10.1 Å². The maximum absolute atomic E-state index is 11.8. The van der Waals surface area contributed by atoms with Crippen molar-refractivity contribution in [1.82, 2.24) is 4.98 Å². The molecule has 0 aliphatic carbocycles. The maximum atomic E-state index is 11.8. The van der Waals surface area contributed by atoms with Crippen molar-refractivity contribution in [1.29, 1.82) is 0 Å². The zero-order valence-corrected chi connectivity index (χ0v) is 12.2. The minimum Gasteiger partial charge on any atom is -0.476 e. The molecule has 0 aliphatic heterocycles. The summed E-state index contributed by atoms with van der Waals surface area (Å²) in [4.78, 5) is 36.6. The summed E-state index contributed by atoms with van der Waals surface area (Å²) >= 11 is 0. The molecule has 0 saturated heterocycles. The van der Waals surface area contributed by atoms with Gasteiger partial charge in [0.2, 0.25) is 5.75 Å². The Labute approximate surface area is 131 Å². The second-order valence-electron chi connectivity index (χ2n) is 4.55. The van der Waals surface area contributed by atoms with E-state index in [0.29, 0.717) is 11.3 Å². The Morgan fingerprint density at radius 1 is 1.26 bits per heavy atom. The van der Waals surface area contributed by atoms with Crippen LogP contribution in [0.5, 0.6) is 5.75 Å². The van der Waals surface area contributed by atoms with Crippen LogP contribution in [-0.2, 0) is 4.79 Å². The van der Waals surface area contributed by atoms with E-state index in [1.165, 1.54) is 25.3 Å². The SMILES string of the molecule is CC(=O)c1ccc(NC(=O)COc2cccnc2[N+](=O)[O-])cc1. The van der Waals surface area contributed by atoms with Crippen molar-refractivity contribution in [3.8, 4) is 5.75 Å². The summed E-state index contributed by atoms with van der Waals surface area (Å²) < 4.78 is 5.12. The van der Waals surface area contributed by atoms with Gasteiger partial charge >= 0.3 is 5.82 Å². The molecule has 1 amide bonds. The molecule has 0 saturated carbocycles. The predicted molar refractivity (Wildman–Crippen MR) is 81.5 cm³/mol. The molecule has 1 aromatic carbocycles. The van der Waals surface area contributed by atoms with Gasteiger partial charge in [-0.25, -0.2) is 0 Å². The molecule has 1 heterocycles. The molecule has 0 bridgehead atoms. The third-order valence-electron chi connectivity index (χ3n) is 2.86. The fraction of sp³-hybridized carbons (Fsp3) is 0.133. The van der Waals surface area contributed by atoms with Crippen molar-refractivity contribution in [2.45, 2.75) is 6.92 Å². The van der Waals surface area contributed by atoms with Gasteiger partial charge in [0.1, 0.15) is 6.20 Å². The number of aromatic nitrogens is 1. The van der Waals surface area contributed by atoms with Gasteiger partial charge in [0.15, 0.2) is 12.4 Å². The Kier molecular flexibility index (Phi) is 4.98. The molecule has 2 rings (SSSR count). The normalized spacial score (nSPS) is 9.96. The first-order chi connectivity index (χ1) is 11.0. The number of nitrogens with one attached hydrogen (secondary N) is 1. The number of pyridine rings is 1. The van der Waals surface area contributed by atoms with Crippen LogP contribution in [0.2, 0.25) is 0 Å². The fourth-order valence-electron chi connectivity index (χ4n) is 1.76. The molecule has 23 heavy (non-hydrogen) atoms. The minimum absolute atomic E-state index is 0.0740. The summed E-state index contributed by atoms with van der Waals surface area (Å²) in [7, 11) is 0. The number of carbonyl (C=O) groups is 2. The molecule has 0 unspecified atom stereocenters. The van der Waals surface area contributed by atoms with E-state index in [4.69, 9.17) is 4.74 Å². The molecule has 2 aromatic rings. The van der Waals surface area contributed by atoms with E-state index in [2.05, 4.69) is 10.3 Å². The van der Waals surface area contributed by atoms with Crippen molar-refractivity contribution in [3.05, 3.63) is 58.3 Å². The molecule has 1 aromatic heterocycles. The summed E-state index contributed by atoms with van der Waals surface area (Å²) in [5.74, 6) is -1.10. The molecule has 0 spiro atoms. The summed E-state index contributed by atoms with van der Waals surface area (Å²) in [6.45, 7) is 1.04. The zero-order chi connectivity index (χ0) is 16.8. The van der Waals surface area contributed by atoms with Gasteiger partial charge in [0, 0.05) is 11.3 Å². The van der Waals surface area contributed by atoms with E-state index < -0.39 is 23.3 Å². The van der Waals surface area contributed by atoms with Gasteiger partial charge in [0.05, 0.1) is 0 Å². The average molecular weight is 315 g/mol. The number of benzene rings is 1. The van der Waals surface area contributed by atoms with Crippen LogP contribution in [0.4, 0.5) is 11.5 Å². The lowest BCUT2D eigenvalue weighted by Crippen LogP contribution is -2.20. The van der Waals surface area contributed by atoms with Crippen LogP contribution in [0.3, 0.4) is 0 Å². The molecule has 0 atom stereocenters. The van der Waals surface area contributed by atoms with Gasteiger partial charge in [0.25, 0.3) is 5.91 Å². The van der Waals surface area contributed by atoms with E-state index in [0.717, 1.165) is 0 Å². The third-order valence-corrected chi connectivity index (χ3v) is 2.86. The highest BCUT2D eigenvalue weighted by atomic mass is 16.6. The largest absolute Gasteiger partial charge is 0.476 e. The predicted octanol–water partition coefficient (Wildman–Crippen LogP) is 2.21. The van der Waals surface area contributed by atoms with Crippen LogP contribution >= 0.6 is 0 Å². The molecule has 8 nitrogen and oxygen atoms in total. The Hall–Kier alpha value is -3.29. The number of Topliss-reactive ketones (excluding diaryl/α,β-unsaturated/α-hetero) is 1. The molecule has 118 valence electrons. The Morgan fingerprint density at radius 2 is 1.96 bits per heavy atom. The van der Waals surface area contributed by atoms with Gasteiger partial charge < -0.3 is 20.2 Å². The molecule has 0 radical (unpaired) electrons. The first-order valence-corrected chi connectivity index (χ1v) is 6.60. The van der Waals surface area contributed by atoms with Crippen LogP contribution in [0.15, 0.2) is 42.6 Å². The van der Waals surface area contributed by atoms with Gasteiger partial charge in [-0.1, -0.05) is 0 Å². The summed E-state index contributed by atoms with van der Waals surface area (Å²) in [5, 5.41) is 13.3. The number of ether oxygens (including phenoxy) is 1. The average Bonchev–Trinajstić information content (AvgIpc) is 2.53. The Morgan fingerprint density at radius 3 is 2.57 bits per heavy atom. The second-order valence-corrected chi connectivity index (χ2v) is 4.55.